The van der Waals surface area contributed by atoms with Gasteiger partial charge in [0.1, 0.15) is 0 Å². The van der Waals surface area contributed by atoms with Crippen LogP contribution in [0.25, 0.3) is 0 Å². The molecule has 1 unspecified atom stereocenters. The Morgan fingerprint density at radius 3 is 1.94 bits per heavy atom. The van der Waals surface area contributed by atoms with Gasteiger partial charge < -0.3 is 13.9 Å². The average molecular weight is 275 g/mol. The third-order valence-corrected chi connectivity index (χ3v) is 3.64. The molecule has 3 nitrogen and oxygen atoms in total. The van der Waals surface area contributed by atoms with Crippen LogP contribution in [0.15, 0.2) is 30.3 Å². The van der Waals surface area contributed by atoms with Crippen molar-refractivity contribution >= 4 is 18.3 Å². The summed E-state index contributed by atoms with van der Waals surface area (Å²) < 4.78 is 5.71. The Kier molecular flexibility index (Phi) is 7.14. The van der Waals surface area contributed by atoms with E-state index in [0.717, 1.165) is 10.0 Å². The Morgan fingerprint density at radius 2 is 1.59 bits per heavy atom. The molecule has 0 aliphatic heterocycles. The Bertz CT molecular complexity index is 357. The lowest BCUT2D eigenvalue weighted by atomic mass is 10.2. The minimum Gasteiger partial charge on any atom is -0.800 e. The van der Waals surface area contributed by atoms with Crippen molar-refractivity contribution in [3.05, 3.63) is 35.9 Å². The Morgan fingerprint density at radius 1 is 1.18 bits per heavy atom. The van der Waals surface area contributed by atoms with Crippen molar-refractivity contribution in [1.82, 2.24) is 0 Å². The maximum absolute atomic E-state index is 11.3. The molecule has 1 rings (SSSR count). The minimum atomic E-state index is -2.81. The highest BCUT2D eigenvalue weighted by Gasteiger charge is 2.01. The van der Waals surface area contributed by atoms with Gasteiger partial charge in [-0.1, -0.05) is 42.1 Å². The van der Waals surface area contributed by atoms with Crippen LogP contribution in [0.2, 0.25) is 0 Å². The van der Waals surface area contributed by atoms with Crippen LogP contribution in [0.4, 0.5) is 0 Å². The Balaban J connectivity index is 0.000000437. The third-order valence-electron chi connectivity index (χ3n) is 1.50. The Labute approximate surface area is 110 Å². The van der Waals surface area contributed by atoms with Crippen LogP contribution in [0.3, 0.4) is 0 Å². The molecule has 0 spiro atoms. The van der Waals surface area contributed by atoms with Gasteiger partial charge in [-0.3, -0.25) is 0 Å². The fourth-order valence-electron chi connectivity index (χ4n) is 0.872. The average Bonchev–Trinajstić information content (AvgIpc) is 2.16. The highest BCUT2D eigenvalue weighted by Crippen LogP contribution is 2.40. The largest absolute Gasteiger partial charge is 0.800 e. The maximum Gasteiger partial charge on any atom is 0.0675 e. The molecule has 0 saturated heterocycles. The van der Waals surface area contributed by atoms with Crippen molar-refractivity contribution in [2.45, 2.75) is 6.16 Å². The van der Waals surface area contributed by atoms with Gasteiger partial charge in [-0.15, -0.1) is 0 Å². The standard InChI is InChI=1S/C8H11O2PS.C4H12N/c1-10-11(9,12)7-8-5-3-2-4-6-8;1-5(2,3)4/h2-6H,7H2,1H3,(H,9,12);1-4H3/q;+1/p-1. The lowest BCUT2D eigenvalue weighted by Gasteiger charge is -2.25. The van der Waals surface area contributed by atoms with Crippen molar-refractivity contribution < 1.29 is 13.9 Å². The first-order chi connectivity index (χ1) is 7.64. The molecule has 17 heavy (non-hydrogen) atoms. The van der Waals surface area contributed by atoms with E-state index in [2.05, 4.69) is 28.2 Å². The zero-order valence-electron chi connectivity index (χ0n) is 11.2. The molecule has 0 bridgehead atoms. The monoisotopic (exact) mass is 275 g/mol. The van der Waals surface area contributed by atoms with Gasteiger partial charge in [0.2, 0.25) is 0 Å². The molecule has 0 fully saturated rings. The summed E-state index contributed by atoms with van der Waals surface area (Å²) in [6.07, 6.45) is 0.333. The van der Waals surface area contributed by atoms with Crippen molar-refractivity contribution in [1.29, 1.82) is 0 Å². The number of hydrogen-bond donors (Lipinski definition) is 0. The molecule has 98 valence electrons. The molecule has 5 heteroatoms. The summed E-state index contributed by atoms with van der Waals surface area (Å²) in [5, 5.41) is 0. The van der Waals surface area contributed by atoms with Gasteiger partial charge >= 0.3 is 0 Å². The summed E-state index contributed by atoms with van der Waals surface area (Å²) in [6, 6.07) is 9.46. The van der Waals surface area contributed by atoms with Crippen LogP contribution in [0.5, 0.6) is 0 Å². The number of nitrogens with zero attached hydrogens (tertiary/aromatic N) is 1. The molecule has 0 amide bonds. The quantitative estimate of drug-likeness (QED) is 0.623. The van der Waals surface area contributed by atoms with Crippen molar-refractivity contribution in [3.63, 3.8) is 0 Å². The Hall–Kier alpha value is -0.250. The molecular formula is C12H22NO2PS. The summed E-state index contributed by atoms with van der Waals surface area (Å²) in [7, 11) is 9.89. The van der Waals surface area contributed by atoms with E-state index < -0.39 is 6.49 Å². The summed E-state index contributed by atoms with van der Waals surface area (Å²) in [5.74, 6) is 0. The second-order valence-electron chi connectivity index (χ2n) is 5.12. The van der Waals surface area contributed by atoms with E-state index in [0.29, 0.717) is 6.16 Å². The highest BCUT2D eigenvalue weighted by molar-refractivity contribution is 8.08. The van der Waals surface area contributed by atoms with E-state index in [4.69, 9.17) is 16.3 Å². The van der Waals surface area contributed by atoms with E-state index >= 15 is 0 Å². The third kappa shape index (κ3) is 12.0. The summed E-state index contributed by atoms with van der Waals surface area (Å²) in [6.45, 7) is -2.81. The van der Waals surface area contributed by atoms with Gasteiger partial charge in [0.25, 0.3) is 0 Å². The van der Waals surface area contributed by atoms with Crippen LogP contribution in [-0.2, 0) is 22.5 Å². The van der Waals surface area contributed by atoms with Crippen molar-refractivity contribution in [2.24, 2.45) is 0 Å². The second kappa shape index (κ2) is 7.24. The first-order valence-electron chi connectivity index (χ1n) is 5.33. The zero-order chi connectivity index (χ0) is 13.5. The number of rotatable bonds is 3. The molecule has 1 aromatic carbocycles. The molecule has 0 radical (unpaired) electrons. The van der Waals surface area contributed by atoms with Crippen LogP contribution < -0.4 is 4.89 Å². The predicted octanol–water partition coefficient (Wildman–Crippen LogP) is 1.83. The SMILES string of the molecule is COP([O-])(=S)Cc1ccccc1.C[N+](C)(C)C. The molecule has 0 saturated carbocycles. The number of hydrogen-bond acceptors (Lipinski definition) is 3. The first kappa shape index (κ1) is 16.8. The van der Waals surface area contributed by atoms with E-state index in [1.54, 1.807) is 0 Å². The minimum absolute atomic E-state index is 0.333. The molecule has 1 aromatic rings. The van der Waals surface area contributed by atoms with Crippen molar-refractivity contribution in [2.75, 3.05) is 35.3 Å². The van der Waals surface area contributed by atoms with Crippen LogP contribution in [0.1, 0.15) is 5.56 Å². The van der Waals surface area contributed by atoms with Crippen molar-refractivity contribution in [3.8, 4) is 0 Å². The van der Waals surface area contributed by atoms with E-state index in [9.17, 15) is 4.89 Å². The predicted molar refractivity (Wildman–Crippen MR) is 75.4 cm³/mol. The molecule has 0 heterocycles. The zero-order valence-corrected chi connectivity index (χ0v) is 12.9. The van der Waals surface area contributed by atoms with Gasteiger partial charge in [0.15, 0.2) is 0 Å². The van der Waals surface area contributed by atoms with Crippen LogP contribution in [-0.4, -0.2) is 39.8 Å². The van der Waals surface area contributed by atoms with E-state index in [1.165, 1.54) is 7.11 Å². The summed E-state index contributed by atoms with van der Waals surface area (Å²) in [4.78, 5) is 11.3. The fraction of sp³-hybridized carbons (Fsp3) is 0.500. The van der Waals surface area contributed by atoms with Gasteiger partial charge in [0.05, 0.1) is 28.2 Å². The molecule has 1 atom stereocenters. The van der Waals surface area contributed by atoms with E-state index in [1.807, 2.05) is 30.3 Å². The van der Waals surface area contributed by atoms with Gasteiger partial charge in [-0.05, 0) is 12.1 Å². The topological polar surface area (TPSA) is 32.3 Å². The van der Waals surface area contributed by atoms with Gasteiger partial charge in [-0.2, -0.15) is 0 Å². The fourth-order valence-corrected chi connectivity index (χ4v) is 2.11. The molecule has 0 aromatic heterocycles. The van der Waals surface area contributed by atoms with E-state index in [-0.39, 0.29) is 0 Å². The number of benzene rings is 1. The molecular weight excluding hydrogens is 253 g/mol. The first-order valence-corrected chi connectivity index (χ1v) is 8.15. The lowest BCUT2D eigenvalue weighted by molar-refractivity contribution is -0.849. The number of quaternary nitrogens is 1. The van der Waals surface area contributed by atoms with Crippen LogP contribution >= 0.6 is 6.49 Å². The summed E-state index contributed by atoms with van der Waals surface area (Å²) >= 11 is 4.76. The smallest absolute Gasteiger partial charge is 0.0675 e. The normalized spacial score (nSPS) is 14.5. The second-order valence-corrected chi connectivity index (χ2v) is 8.69. The van der Waals surface area contributed by atoms with Gasteiger partial charge in [0, 0.05) is 13.3 Å². The maximum atomic E-state index is 11.3. The molecule has 0 N–H and O–H groups in total. The molecule has 0 aliphatic rings. The lowest BCUT2D eigenvalue weighted by Crippen LogP contribution is -2.27. The summed E-state index contributed by atoms with van der Waals surface area (Å²) in [5.41, 5.74) is 0.956. The molecule has 0 aliphatic carbocycles. The highest BCUT2D eigenvalue weighted by atomic mass is 32.5. The van der Waals surface area contributed by atoms with Gasteiger partial charge in [-0.25, -0.2) is 0 Å². The van der Waals surface area contributed by atoms with Crippen LogP contribution in [0, 0.1) is 0 Å².